The fourth-order valence-corrected chi connectivity index (χ4v) is 3.07. The monoisotopic (exact) mass is 360 g/mol. The Bertz CT molecular complexity index is 818. The van der Waals surface area contributed by atoms with Gasteiger partial charge < -0.3 is 11.2 Å². The molecular weight excluding hydrogens is 344 g/mol. The Morgan fingerprint density at radius 3 is 2.75 bits per heavy atom. The number of hydrogen-bond donors (Lipinski definition) is 2. The molecule has 2 aromatic heterocycles. The van der Waals surface area contributed by atoms with Crippen LogP contribution in [0.5, 0.6) is 0 Å². The van der Waals surface area contributed by atoms with Crippen LogP contribution in [-0.2, 0) is 5.75 Å². The largest absolute Gasteiger partial charge is 0.385 e. The third-order valence-corrected chi connectivity index (χ3v) is 4.54. The lowest BCUT2D eigenvalue weighted by atomic mass is 10.2. The predicted octanol–water partition coefficient (Wildman–Crippen LogP) is 3.43. The number of nitrogens with two attached hydrogens (primary N) is 1. The maximum atomic E-state index is 6.12. The molecule has 0 amide bonds. The first-order valence-electron chi connectivity index (χ1n) is 7.45. The number of thioether (sulfide) groups is 1. The van der Waals surface area contributed by atoms with Crippen molar-refractivity contribution in [1.29, 1.82) is 0 Å². The topological polar surface area (TPSA) is 81.7 Å². The van der Waals surface area contributed by atoms with Gasteiger partial charge in [-0.1, -0.05) is 23.4 Å². The Morgan fingerprint density at radius 2 is 2.00 bits per heavy atom. The maximum absolute atomic E-state index is 6.12. The van der Waals surface area contributed by atoms with Crippen molar-refractivity contribution >= 4 is 29.1 Å². The van der Waals surface area contributed by atoms with Crippen molar-refractivity contribution in [2.45, 2.75) is 17.8 Å². The van der Waals surface area contributed by atoms with E-state index in [9.17, 15) is 0 Å². The van der Waals surface area contributed by atoms with Gasteiger partial charge in [0.1, 0.15) is 0 Å². The minimum Gasteiger partial charge on any atom is -0.385 e. The van der Waals surface area contributed by atoms with Crippen molar-refractivity contribution in [3.8, 4) is 11.4 Å². The van der Waals surface area contributed by atoms with Crippen LogP contribution in [-0.4, -0.2) is 26.4 Å². The smallest absolute Gasteiger partial charge is 0.210 e. The number of nitrogens with one attached hydrogen (secondary N) is 1. The summed E-state index contributed by atoms with van der Waals surface area (Å²) in [6, 6.07) is 11.3. The fraction of sp³-hybridized carbons (Fsp3) is 0.188. The molecule has 2 heterocycles. The molecule has 6 nitrogen and oxygen atoms in total. The molecule has 3 rings (SSSR count). The number of pyridine rings is 1. The number of benzene rings is 1. The van der Waals surface area contributed by atoms with Crippen molar-refractivity contribution in [3.63, 3.8) is 0 Å². The molecule has 0 saturated carbocycles. The molecule has 3 N–H and O–H groups in total. The summed E-state index contributed by atoms with van der Waals surface area (Å²) in [5.74, 6) is 7.38. The van der Waals surface area contributed by atoms with Crippen molar-refractivity contribution in [2.75, 3.05) is 17.7 Å². The molecule has 8 heteroatoms. The lowest BCUT2D eigenvalue weighted by Gasteiger charge is -2.06. The normalized spacial score (nSPS) is 10.8. The minimum atomic E-state index is 0.600. The van der Waals surface area contributed by atoms with Gasteiger partial charge >= 0.3 is 0 Å². The Kier molecular flexibility index (Phi) is 5.22. The van der Waals surface area contributed by atoms with Gasteiger partial charge in [0.2, 0.25) is 5.16 Å². The molecule has 0 aliphatic heterocycles. The van der Waals surface area contributed by atoms with E-state index in [1.807, 2.05) is 24.3 Å². The number of halogens is 1. The van der Waals surface area contributed by atoms with E-state index in [1.54, 1.807) is 18.3 Å². The standard InChI is InChI=1S/C16H17ClN6S/c1-2-19-13-7-8-20-14(9-13)10-24-16-22-21-15(23(16)18)11-3-5-12(17)6-4-11/h3-9H,2,10,18H2,1H3,(H,19,20). The fourth-order valence-electron chi connectivity index (χ4n) is 2.18. The van der Waals surface area contributed by atoms with Crippen molar-refractivity contribution in [2.24, 2.45) is 0 Å². The van der Waals surface area contributed by atoms with Gasteiger partial charge in [0.25, 0.3) is 0 Å². The summed E-state index contributed by atoms with van der Waals surface area (Å²) in [4.78, 5) is 4.37. The first kappa shape index (κ1) is 16.6. The summed E-state index contributed by atoms with van der Waals surface area (Å²) < 4.78 is 1.49. The second-order valence-corrected chi connectivity index (χ2v) is 6.42. The summed E-state index contributed by atoms with van der Waals surface area (Å²) in [5, 5.41) is 12.9. The van der Waals surface area contributed by atoms with E-state index in [0.29, 0.717) is 21.8 Å². The van der Waals surface area contributed by atoms with Gasteiger partial charge in [0.05, 0.1) is 5.69 Å². The first-order chi connectivity index (χ1) is 11.7. The molecule has 0 radical (unpaired) electrons. The number of nitrogen functional groups attached to an aromatic ring is 1. The summed E-state index contributed by atoms with van der Waals surface area (Å²) in [5.41, 5.74) is 2.88. The molecule has 0 fully saturated rings. The highest BCUT2D eigenvalue weighted by Gasteiger charge is 2.12. The van der Waals surface area contributed by atoms with Crippen LogP contribution >= 0.6 is 23.4 Å². The molecule has 124 valence electrons. The van der Waals surface area contributed by atoms with E-state index in [0.717, 1.165) is 23.5 Å². The summed E-state index contributed by atoms with van der Waals surface area (Å²) in [6.07, 6.45) is 1.79. The average molecular weight is 361 g/mol. The van der Waals surface area contributed by atoms with Crippen LogP contribution in [0.4, 0.5) is 5.69 Å². The first-order valence-corrected chi connectivity index (χ1v) is 8.81. The summed E-state index contributed by atoms with van der Waals surface area (Å²) in [7, 11) is 0. The maximum Gasteiger partial charge on any atom is 0.210 e. The van der Waals surface area contributed by atoms with E-state index in [-0.39, 0.29) is 0 Å². The third-order valence-electron chi connectivity index (χ3n) is 3.31. The van der Waals surface area contributed by atoms with Crippen molar-refractivity contribution in [3.05, 3.63) is 53.3 Å². The predicted molar refractivity (Wildman–Crippen MR) is 98.6 cm³/mol. The molecule has 3 aromatic rings. The van der Waals surface area contributed by atoms with Crippen molar-refractivity contribution < 1.29 is 0 Å². The van der Waals surface area contributed by atoms with E-state index in [4.69, 9.17) is 17.4 Å². The van der Waals surface area contributed by atoms with Crippen LogP contribution in [0, 0.1) is 0 Å². The second-order valence-electron chi connectivity index (χ2n) is 5.04. The molecule has 24 heavy (non-hydrogen) atoms. The summed E-state index contributed by atoms with van der Waals surface area (Å²) in [6.45, 7) is 2.93. The number of nitrogens with zero attached hydrogens (tertiary/aromatic N) is 4. The highest BCUT2D eigenvalue weighted by Crippen LogP contribution is 2.25. The lowest BCUT2D eigenvalue weighted by molar-refractivity contribution is 0.849. The van der Waals surface area contributed by atoms with Gasteiger partial charge in [-0.3, -0.25) is 4.98 Å². The lowest BCUT2D eigenvalue weighted by Crippen LogP contribution is -2.11. The second kappa shape index (κ2) is 7.55. The summed E-state index contributed by atoms with van der Waals surface area (Å²) >= 11 is 7.40. The SMILES string of the molecule is CCNc1ccnc(CSc2nnc(-c3ccc(Cl)cc3)n2N)c1. The molecule has 0 spiro atoms. The van der Waals surface area contributed by atoms with E-state index in [1.165, 1.54) is 16.4 Å². The zero-order valence-corrected chi connectivity index (χ0v) is 14.7. The van der Waals surface area contributed by atoms with Crippen LogP contribution in [0.2, 0.25) is 5.02 Å². The van der Waals surface area contributed by atoms with Gasteiger partial charge in [0, 0.05) is 34.8 Å². The van der Waals surface area contributed by atoms with Crippen LogP contribution in [0.3, 0.4) is 0 Å². The number of rotatable bonds is 6. The van der Waals surface area contributed by atoms with E-state index < -0.39 is 0 Å². The molecule has 0 saturated heterocycles. The highest BCUT2D eigenvalue weighted by atomic mass is 35.5. The van der Waals surface area contributed by atoms with Gasteiger partial charge in [-0.05, 0) is 43.3 Å². The average Bonchev–Trinajstić information content (AvgIpc) is 2.95. The minimum absolute atomic E-state index is 0.600. The molecule has 0 unspecified atom stereocenters. The third kappa shape index (κ3) is 3.80. The quantitative estimate of drug-likeness (QED) is 0.517. The van der Waals surface area contributed by atoms with E-state index in [2.05, 4.69) is 27.4 Å². The Labute approximate surface area is 149 Å². The van der Waals surface area contributed by atoms with Gasteiger partial charge in [-0.15, -0.1) is 10.2 Å². The van der Waals surface area contributed by atoms with Gasteiger partial charge in [-0.2, -0.15) is 0 Å². The molecular formula is C16H17ClN6S. The van der Waals surface area contributed by atoms with Gasteiger partial charge in [-0.25, -0.2) is 4.68 Å². The molecule has 0 aliphatic rings. The number of hydrogen-bond acceptors (Lipinski definition) is 6. The number of aromatic nitrogens is 4. The highest BCUT2D eigenvalue weighted by molar-refractivity contribution is 7.98. The Hall–Kier alpha value is -2.25. The van der Waals surface area contributed by atoms with Crippen LogP contribution in [0.25, 0.3) is 11.4 Å². The van der Waals surface area contributed by atoms with Crippen molar-refractivity contribution in [1.82, 2.24) is 19.9 Å². The molecule has 0 atom stereocenters. The zero-order chi connectivity index (χ0) is 16.9. The molecule has 0 aliphatic carbocycles. The Morgan fingerprint density at radius 1 is 1.21 bits per heavy atom. The van der Waals surface area contributed by atoms with Crippen LogP contribution < -0.4 is 11.2 Å². The van der Waals surface area contributed by atoms with Gasteiger partial charge in [0.15, 0.2) is 5.82 Å². The molecule has 0 bridgehead atoms. The molecule has 1 aromatic carbocycles. The zero-order valence-electron chi connectivity index (χ0n) is 13.1. The Balaban J connectivity index is 1.72. The van der Waals surface area contributed by atoms with E-state index >= 15 is 0 Å². The van der Waals surface area contributed by atoms with Crippen LogP contribution in [0.1, 0.15) is 12.6 Å². The number of anilines is 1. The van der Waals surface area contributed by atoms with Crippen LogP contribution in [0.15, 0.2) is 47.8 Å².